The van der Waals surface area contributed by atoms with Crippen LogP contribution in [0.5, 0.6) is 0 Å². The number of rotatable bonds is 1. The van der Waals surface area contributed by atoms with E-state index in [1.54, 1.807) is 0 Å². The summed E-state index contributed by atoms with van der Waals surface area (Å²) in [7, 11) is 0. The van der Waals surface area contributed by atoms with Crippen molar-refractivity contribution >= 4 is 0 Å². The molecule has 0 bridgehead atoms. The molecule has 0 heterocycles. The Morgan fingerprint density at radius 3 is 2.77 bits per heavy atom. The first kappa shape index (κ1) is 9.51. The van der Waals surface area contributed by atoms with Gasteiger partial charge in [0.15, 0.2) is 0 Å². The van der Waals surface area contributed by atoms with Crippen molar-refractivity contribution in [1.82, 2.24) is 0 Å². The average molecular weight is 182 g/mol. The van der Waals surface area contributed by atoms with Crippen molar-refractivity contribution in [2.24, 2.45) is 17.3 Å². The molecule has 0 aromatic rings. The molecule has 1 nitrogen and oxygen atoms in total. The quantitative estimate of drug-likeness (QED) is 0.661. The third-order valence-corrected chi connectivity index (χ3v) is 4.73. The van der Waals surface area contributed by atoms with Crippen LogP contribution < -0.4 is 0 Å². The summed E-state index contributed by atoms with van der Waals surface area (Å²) < 4.78 is 0. The van der Waals surface area contributed by atoms with E-state index in [0.717, 1.165) is 11.8 Å². The third kappa shape index (κ3) is 1.41. The molecule has 2 fully saturated rings. The van der Waals surface area contributed by atoms with Crippen LogP contribution in [0, 0.1) is 17.3 Å². The standard InChI is InChI=1S/C12H22O/c1-10-6-7-11-5-3-2-4-8-12(10,11)9-13/h10-11,13H,2-9H2,1H3/t10-,11+,12+/m0/s1. The van der Waals surface area contributed by atoms with Gasteiger partial charge >= 0.3 is 0 Å². The second-order valence-electron chi connectivity index (χ2n) is 5.17. The third-order valence-electron chi connectivity index (χ3n) is 4.73. The van der Waals surface area contributed by atoms with Crippen LogP contribution in [0.25, 0.3) is 0 Å². The van der Waals surface area contributed by atoms with Gasteiger partial charge in [0.2, 0.25) is 0 Å². The van der Waals surface area contributed by atoms with Gasteiger partial charge in [-0.3, -0.25) is 0 Å². The van der Waals surface area contributed by atoms with Crippen molar-refractivity contribution in [3.63, 3.8) is 0 Å². The molecule has 2 aliphatic rings. The zero-order valence-electron chi connectivity index (χ0n) is 8.76. The van der Waals surface area contributed by atoms with Gasteiger partial charge in [-0.15, -0.1) is 0 Å². The molecule has 0 aliphatic heterocycles. The highest BCUT2D eigenvalue weighted by molar-refractivity contribution is 4.96. The molecule has 2 aliphatic carbocycles. The van der Waals surface area contributed by atoms with Crippen molar-refractivity contribution in [3.05, 3.63) is 0 Å². The van der Waals surface area contributed by atoms with E-state index in [0.29, 0.717) is 12.0 Å². The van der Waals surface area contributed by atoms with E-state index < -0.39 is 0 Å². The molecule has 2 rings (SSSR count). The van der Waals surface area contributed by atoms with E-state index in [4.69, 9.17) is 0 Å². The van der Waals surface area contributed by atoms with Crippen molar-refractivity contribution < 1.29 is 5.11 Å². The van der Waals surface area contributed by atoms with Gasteiger partial charge in [0.1, 0.15) is 0 Å². The Hall–Kier alpha value is -0.0400. The fraction of sp³-hybridized carbons (Fsp3) is 1.00. The molecule has 0 amide bonds. The van der Waals surface area contributed by atoms with Crippen LogP contribution in [0.4, 0.5) is 0 Å². The normalized spacial score (nSPS) is 45.7. The number of hydrogen-bond donors (Lipinski definition) is 1. The summed E-state index contributed by atoms with van der Waals surface area (Å²) in [6.07, 6.45) is 9.54. The molecule has 1 N–H and O–H groups in total. The summed E-state index contributed by atoms with van der Waals surface area (Å²) in [5.41, 5.74) is 0.330. The number of aliphatic hydroxyl groups excluding tert-OH is 1. The van der Waals surface area contributed by atoms with Crippen LogP contribution in [0.15, 0.2) is 0 Å². The molecule has 2 saturated carbocycles. The lowest BCUT2D eigenvalue weighted by Gasteiger charge is -2.36. The molecule has 1 heteroatoms. The Bertz CT molecular complexity index is 178. The highest BCUT2D eigenvalue weighted by Crippen LogP contribution is 2.54. The molecule has 0 saturated heterocycles. The first-order valence-corrected chi connectivity index (χ1v) is 5.90. The van der Waals surface area contributed by atoms with Crippen molar-refractivity contribution in [2.45, 2.75) is 51.9 Å². The highest BCUT2D eigenvalue weighted by atomic mass is 16.3. The van der Waals surface area contributed by atoms with E-state index in [2.05, 4.69) is 6.92 Å². The minimum atomic E-state index is 0.330. The fourth-order valence-electron chi connectivity index (χ4n) is 3.70. The Morgan fingerprint density at radius 2 is 2.00 bits per heavy atom. The van der Waals surface area contributed by atoms with E-state index in [-0.39, 0.29) is 0 Å². The molecule has 0 aromatic carbocycles. The molecule has 76 valence electrons. The second-order valence-corrected chi connectivity index (χ2v) is 5.17. The van der Waals surface area contributed by atoms with Crippen LogP contribution in [0.2, 0.25) is 0 Å². The van der Waals surface area contributed by atoms with Gasteiger partial charge in [-0.25, -0.2) is 0 Å². The van der Waals surface area contributed by atoms with Crippen LogP contribution >= 0.6 is 0 Å². The van der Waals surface area contributed by atoms with Crippen molar-refractivity contribution in [2.75, 3.05) is 6.61 Å². The van der Waals surface area contributed by atoms with E-state index in [1.165, 1.54) is 44.9 Å². The summed E-state index contributed by atoms with van der Waals surface area (Å²) in [4.78, 5) is 0. The molecular weight excluding hydrogens is 160 g/mol. The summed E-state index contributed by atoms with van der Waals surface area (Å²) in [6.45, 7) is 2.79. The van der Waals surface area contributed by atoms with Crippen molar-refractivity contribution in [1.29, 1.82) is 0 Å². The average Bonchev–Trinajstić information content (AvgIpc) is 2.38. The van der Waals surface area contributed by atoms with Gasteiger partial charge in [-0.2, -0.15) is 0 Å². The topological polar surface area (TPSA) is 20.2 Å². The SMILES string of the molecule is C[C@H]1CC[C@H]2CCCCC[C@]21CO. The van der Waals surface area contributed by atoms with Gasteiger partial charge in [0, 0.05) is 6.61 Å². The fourth-order valence-corrected chi connectivity index (χ4v) is 3.70. The largest absolute Gasteiger partial charge is 0.396 e. The predicted octanol–water partition coefficient (Wildman–Crippen LogP) is 2.98. The van der Waals surface area contributed by atoms with Gasteiger partial charge in [-0.05, 0) is 42.9 Å². The van der Waals surface area contributed by atoms with Crippen LogP contribution in [0.1, 0.15) is 51.9 Å². The lowest BCUT2D eigenvalue weighted by atomic mass is 9.70. The van der Waals surface area contributed by atoms with E-state index in [9.17, 15) is 5.11 Å². The first-order valence-electron chi connectivity index (χ1n) is 5.90. The van der Waals surface area contributed by atoms with Crippen molar-refractivity contribution in [3.8, 4) is 0 Å². The van der Waals surface area contributed by atoms with Crippen LogP contribution in [-0.2, 0) is 0 Å². The van der Waals surface area contributed by atoms with Gasteiger partial charge < -0.3 is 5.11 Å². The van der Waals surface area contributed by atoms with E-state index >= 15 is 0 Å². The van der Waals surface area contributed by atoms with Gasteiger partial charge in [-0.1, -0.05) is 26.2 Å². The molecule has 0 unspecified atom stereocenters. The molecular formula is C12H22O. The first-order chi connectivity index (χ1) is 6.29. The summed E-state index contributed by atoms with van der Waals surface area (Å²) in [6, 6.07) is 0. The maximum atomic E-state index is 9.65. The van der Waals surface area contributed by atoms with Crippen LogP contribution in [0.3, 0.4) is 0 Å². The van der Waals surface area contributed by atoms with Gasteiger partial charge in [0.25, 0.3) is 0 Å². The molecule has 13 heavy (non-hydrogen) atoms. The Morgan fingerprint density at radius 1 is 1.15 bits per heavy atom. The smallest absolute Gasteiger partial charge is 0.0492 e. The minimum absolute atomic E-state index is 0.330. The highest BCUT2D eigenvalue weighted by Gasteiger charge is 2.47. The van der Waals surface area contributed by atoms with Crippen LogP contribution in [-0.4, -0.2) is 11.7 Å². The monoisotopic (exact) mass is 182 g/mol. The lowest BCUT2D eigenvalue weighted by Crippen LogP contribution is -2.34. The zero-order chi connectivity index (χ0) is 9.31. The van der Waals surface area contributed by atoms with Gasteiger partial charge in [0.05, 0.1) is 0 Å². The predicted molar refractivity (Wildman–Crippen MR) is 54.5 cm³/mol. The summed E-state index contributed by atoms with van der Waals surface area (Å²) >= 11 is 0. The summed E-state index contributed by atoms with van der Waals surface area (Å²) in [5, 5.41) is 9.65. The second kappa shape index (κ2) is 3.61. The lowest BCUT2D eigenvalue weighted by molar-refractivity contribution is 0.0412. The maximum absolute atomic E-state index is 9.65. The van der Waals surface area contributed by atoms with E-state index in [1.807, 2.05) is 0 Å². The Balaban J connectivity index is 2.19. The zero-order valence-corrected chi connectivity index (χ0v) is 8.76. The molecule has 0 spiro atoms. The number of aliphatic hydroxyl groups is 1. The summed E-state index contributed by atoms with van der Waals surface area (Å²) in [5.74, 6) is 1.61. The number of fused-ring (bicyclic) bond motifs is 1. The minimum Gasteiger partial charge on any atom is -0.396 e. The Labute approximate surface area is 81.5 Å². The Kier molecular flexibility index (Phi) is 2.64. The molecule has 3 atom stereocenters. The molecule has 0 radical (unpaired) electrons. The maximum Gasteiger partial charge on any atom is 0.0492 e. The molecule has 0 aromatic heterocycles. The number of hydrogen-bond acceptors (Lipinski definition) is 1.